The standard InChI is InChI=1S/C13H27NO2/c1-11-5-4-6-13(15,7-11)10-14-8-12(2)9-16-3/h11-12,14-15H,4-10H2,1-3H3. The van der Waals surface area contributed by atoms with Gasteiger partial charge in [-0.05, 0) is 24.7 Å². The van der Waals surface area contributed by atoms with E-state index in [4.69, 9.17) is 4.74 Å². The molecule has 0 aromatic rings. The third-order valence-electron chi connectivity index (χ3n) is 3.47. The highest BCUT2D eigenvalue weighted by molar-refractivity contribution is 4.87. The van der Waals surface area contributed by atoms with Gasteiger partial charge < -0.3 is 15.2 Å². The molecule has 0 bridgehead atoms. The Labute approximate surface area is 99.6 Å². The summed E-state index contributed by atoms with van der Waals surface area (Å²) in [6, 6.07) is 0. The largest absolute Gasteiger partial charge is 0.389 e. The molecular formula is C13H27NO2. The second-order valence-electron chi connectivity index (χ2n) is 5.62. The lowest BCUT2D eigenvalue weighted by atomic mass is 9.79. The summed E-state index contributed by atoms with van der Waals surface area (Å²) >= 11 is 0. The molecule has 0 heterocycles. The van der Waals surface area contributed by atoms with E-state index in [0.717, 1.165) is 39.0 Å². The molecule has 0 saturated heterocycles. The lowest BCUT2D eigenvalue weighted by Gasteiger charge is -2.36. The van der Waals surface area contributed by atoms with Crippen molar-refractivity contribution in [2.24, 2.45) is 11.8 Å². The lowest BCUT2D eigenvalue weighted by Crippen LogP contribution is -2.45. The molecule has 16 heavy (non-hydrogen) atoms. The minimum absolute atomic E-state index is 0.468. The van der Waals surface area contributed by atoms with Gasteiger partial charge in [0, 0.05) is 26.8 Å². The van der Waals surface area contributed by atoms with Crippen LogP contribution < -0.4 is 5.32 Å². The van der Waals surface area contributed by atoms with Crippen LogP contribution in [-0.4, -0.2) is 37.5 Å². The molecule has 2 N–H and O–H groups in total. The normalized spacial score (nSPS) is 32.6. The topological polar surface area (TPSA) is 41.5 Å². The fourth-order valence-corrected chi connectivity index (χ4v) is 2.69. The van der Waals surface area contributed by atoms with Gasteiger partial charge in [0.1, 0.15) is 0 Å². The molecule has 0 amide bonds. The summed E-state index contributed by atoms with van der Waals surface area (Å²) in [4.78, 5) is 0. The number of hydrogen-bond donors (Lipinski definition) is 2. The van der Waals surface area contributed by atoms with Gasteiger partial charge in [-0.25, -0.2) is 0 Å². The molecule has 3 nitrogen and oxygen atoms in total. The first-order valence-electron chi connectivity index (χ1n) is 6.48. The maximum absolute atomic E-state index is 10.4. The molecule has 1 fully saturated rings. The van der Waals surface area contributed by atoms with Gasteiger partial charge in [-0.2, -0.15) is 0 Å². The third-order valence-corrected chi connectivity index (χ3v) is 3.47. The molecule has 1 aliphatic carbocycles. The van der Waals surface area contributed by atoms with Gasteiger partial charge in [0.15, 0.2) is 0 Å². The number of aliphatic hydroxyl groups is 1. The fourth-order valence-electron chi connectivity index (χ4n) is 2.69. The second kappa shape index (κ2) is 6.58. The van der Waals surface area contributed by atoms with Crippen molar-refractivity contribution in [1.82, 2.24) is 5.32 Å². The zero-order valence-electron chi connectivity index (χ0n) is 11.0. The van der Waals surface area contributed by atoms with Crippen LogP contribution in [0.1, 0.15) is 39.5 Å². The smallest absolute Gasteiger partial charge is 0.0774 e. The van der Waals surface area contributed by atoms with Crippen LogP contribution in [0.5, 0.6) is 0 Å². The highest BCUT2D eigenvalue weighted by Gasteiger charge is 2.32. The predicted molar refractivity (Wildman–Crippen MR) is 66.5 cm³/mol. The first-order chi connectivity index (χ1) is 7.56. The van der Waals surface area contributed by atoms with Gasteiger partial charge in [0.2, 0.25) is 0 Å². The SMILES string of the molecule is COCC(C)CNCC1(O)CCCC(C)C1. The van der Waals surface area contributed by atoms with Gasteiger partial charge in [-0.3, -0.25) is 0 Å². The molecule has 0 spiro atoms. The van der Waals surface area contributed by atoms with Crippen molar-refractivity contribution in [2.75, 3.05) is 26.8 Å². The number of rotatable bonds is 6. The van der Waals surface area contributed by atoms with Gasteiger partial charge in [-0.15, -0.1) is 0 Å². The first-order valence-corrected chi connectivity index (χ1v) is 6.48. The summed E-state index contributed by atoms with van der Waals surface area (Å²) in [5.41, 5.74) is -0.468. The van der Waals surface area contributed by atoms with Crippen molar-refractivity contribution >= 4 is 0 Å². The van der Waals surface area contributed by atoms with Crippen molar-refractivity contribution in [2.45, 2.75) is 45.1 Å². The predicted octanol–water partition coefficient (Wildman–Crippen LogP) is 1.80. The van der Waals surface area contributed by atoms with E-state index in [1.165, 1.54) is 6.42 Å². The van der Waals surface area contributed by atoms with E-state index < -0.39 is 5.60 Å². The van der Waals surface area contributed by atoms with Crippen LogP contribution >= 0.6 is 0 Å². The van der Waals surface area contributed by atoms with Gasteiger partial charge in [0.25, 0.3) is 0 Å². The molecule has 3 unspecified atom stereocenters. The van der Waals surface area contributed by atoms with Crippen LogP contribution in [0.4, 0.5) is 0 Å². The molecule has 1 aliphatic rings. The molecule has 96 valence electrons. The summed E-state index contributed by atoms with van der Waals surface area (Å²) in [6.45, 7) is 6.82. The zero-order chi connectivity index (χ0) is 12.0. The maximum Gasteiger partial charge on any atom is 0.0774 e. The monoisotopic (exact) mass is 229 g/mol. The Hall–Kier alpha value is -0.120. The van der Waals surface area contributed by atoms with Crippen molar-refractivity contribution in [3.05, 3.63) is 0 Å². The Morgan fingerprint density at radius 1 is 1.56 bits per heavy atom. The lowest BCUT2D eigenvalue weighted by molar-refractivity contribution is -0.0126. The van der Waals surface area contributed by atoms with Crippen LogP contribution in [0.2, 0.25) is 0 Å². The molecule has 0 aliphatic heterocycles. The van der Waals surface area contributed by atoms with Crippen LogP contribution in [0.15, 0.2) is 0 Å². The average molecular weight is 229 g/mol. The van der Waals surface area contributed by atoms with Crippen molar-refractivity contribution in [3.8, 4) is 0 Å². The summed E-state index contributed by atoms with van der Waals surface area (Å²) < 4.78 is 5.09. The molecule has 1 saturated carbocycles. The van der Waals surface area contributed by atoms with E-state index in [9.17, 15) is 5.11 Å². The zero-order valence-corrected chi connectivity index (χ0v) is 11.0. The van der Waals surface area contributed by atoms with Crippen molar-refractivity contribution in [3.63, 3.8) is 0 Å². The second-order valence-corrected chi connectivity index (χ2v) is 5.62. The summed E-state index contributed by atoms with van der Waals surface area (Å²) in [5, 5.41) is 13.8. The van der Waals surface area contributed by atoms with E-state index in [-0.39, 0.29) is 0 Å². The number of ether oxygens (including phenoxy) is 1. The van der Waals surface area contributed by atoms with Gasteiger partial charge >= 0.3 is 0 Å². The van der Waals surface area contributed by atoms with Crippen molar-refractivity contribution < 1.29 is 9.84 Å². The summed E-state index contributed by atoms with van der Waals surface area (Å²) in [7, 11) is 1.73. The number of methoxy groups -OCH3 is 1. The number of hydrogen-bond acceptors (Lipinski definition) is 3. The van der Waals surface area contributed by atoms with Crippen LogP contribution in [-0.2, 0) is 4.74 Å². The highest BCUT2D eigenvalue weighted by Crippen LogP contribution is 2.31. The average Bonchev–Trinajstić information content (AvgIpc) is 2.17. The first kappa shape index (κ1) is 13.9. The number of nitrogens with one attached hydrogen (secondary N) is 1. The van der Waals surface area contributed by atoms with Gasteiger partial charge in [-0.1, -0.05) is 26.7 Å². The van der Waals surface area contributed by atoms with Crippen LogP contribution in [0, 0.1) is 11.8 Å². The van der Waals surface area contributed by atoms with E-state index in [0.29, 0.717) is 11.8 Å². The maximum atomic E-state index is 10.4. The highest BCUT2D eigenvalue weighted by atomic mass is 16.5. The van der Waals surface area contributed by atoms with E-state index in [1.807, 2.05) is 0 Å². The Morgan fingerprint density at radius 2 is 2.31 bits per heavy atom. The molecule has 1 rings (SSSR count). The van der Waals surface area contributed by atoms with E-state index in [2.05, 4.69) is 19.2 Å². The Kier molecular flexibility index (Phi) is 5.73. The van der Waals surface area contributed by atoms with E-state index in [1.54, 1.807) is 7.11 Å². The molecule has 3 heteroatoms. The van der Waals surface area contributed by atoms with E-state index >= 15 is 0 Å². The van der Waals surface area contributed by atoms with Crippen LogP contribution in [0.25, 0.3) is 0 Å². The fraction of sp³-hybridized carbons (Fsp3) is 1.00. The minimum atomic E-state index is -0.468. The molecule has 0 aromatic carbocycles. The molecule has 0 aromatic heterocycles. The minimum Gasteiger partial charge on any atom is -0.389 e. The summed E-state index contributed by atoms with van der Waals surface area (Å²) in [5.74, 6) is 1.17. The quantitative estimate of drug-likeness (QED) is 0.730. The Bertz CT molecular complexity index is 198. The molecule has 0 radical (unpaired) electrons. The van der Waals surface area contributed by atoms with Crippen molar-refractivity contribution in [1.29, 1.82) is 0 Å². The van der Waals surface area contributed by atoms with Gasteiger partial charge in [0.05, 0.1) is 5.60 Å². The van der Waals surface area contributed by atoms with Crippen LogP contribution in [0.3, 0.4) is 0 Å². The molecule has 3 atom stereocenters. The summed E-state index contributed by atoms with van der Waals surface area (Å²) in [6.07, 6.45) is 4.32. The Balaban J connectivity index is 2.20. The third kappa shape index (κ3) is 4.81. The molecular weight excluding hydrogens is 202 g/mol. The Morgan fingerprint density at radius 3 is 2.94 bits per heavy atom.